The molecular weight excluding hydrogens is 414 g/mol. The first-order valence-corrected chi connectivity index (χ1v) is 10.2. The molecule has 2 fully saturated rings. The van der Waals surface area contributed by atoms with E-state index in [1.54, 1.807) is 24.5 Å². The molecule has 5 rings (SSSR count). The number of pyridine rings is 2. The van der Waals surface area contributed by atoms with Crippen LogP contribution >= 0.6 is 0 Å². The SMILES string of the molecule is F[C@H]1CNC[C@@H]1Nc1cccc(-c2cnc3cc(OCC(F)(F)F)c(C4CC4)cn23)n1. The summed E-state index contributed by atoms with van der Waals surface area (Å²) in [5.41, 5.74) is 2.54. The van der Waals surface area contributed by atoms with E-state index in [0.717, 1.165) is 18.4 Å². The average molecular weight is 435 g/mol. The van der Waals surface area contributed by atoms with E-state index in [9.17, 15) is 17.6 Å². The molecule has 2 N–H and O–H groups in total. The number of fused-ring (bicyclic) bond motifs is 1. The Balaban J connectivity index is 1.47. The molecule has 0 spiro atoms. The van der Waals surface area contributed by atoms with Gasteiger partial charge in [0.15, 0.2) is 6.61 Å². The number of rotatable bonds is 6. The summed E-state index contributed by atoms with van der Waals surface area (Å²) in [5.74, 6) is 0.951. The largest absolute Gasteiger partial charge is 0.484 e. The zero-order valence-corrected chi connectivity index (χ0v) is 16.5. The molecule has 0 bridgehead atoms. The van der Waals surface area contributed by atoms with Crippen molar-refractivity contribution < 1.29 is 22.3 Å². The Labute approximate surface area is 175 Å². The average Bonchev–Trinajstić information content (AvgIpc) is 3.38. The summed E-state index contributed by atoms with van der Waals surface area (Å²) >= 11 is 0. The molecule has 2 aliphatic rings. The third-order valence-corrected chi connectivity index (χ3v) is 5.53. The molecule has 1 saturated heterocycles. The lowest BCUT2D eigenvalue weighted by Gasteiger charge is -2.16. The van der Waals surface area contributed by atoms with Gasteiger partial charge in [-0.1, -0.05) is 6.07 Å². The molecule has 4 heterocycles. The molecule has 0 amide bonds. The molecule has 10 heteroatoms. The molecule has 0 radical (unpaired) electrons. The van der Waals surface area contributed by atoms with Gasteiger partial charge < -0.3 is 15.4 Å². The third kappa shape index (κ3) is 4.30. The van der Waals surface area contributed by atoms with Gasteiger partial charge in [0.05, 0.1) is 23.6 Å². The van der Waals surface area contributed by atoms with Gasteiger partial charge in [-0.3, -0.25) is 4.40 Å². The summed E-state index contributed by atoms with van der Waals surface area (Å²) in [4.78, 5) is 8.94. The Bertz CT molecular complexity index is 1100. The van der Waals surface area contributed by atoms with Gasteiger partial charge in [0.2, 0.25) is 0 Å². The maximum atomic E-state index is 13.9. The van der Waals surface area contributed by atoms with Crippen LogP contribution in [0.1, 0.15) is 24.3 Å². The van der Waals surface area contributed by atoms with Crippen molar-refractivity contribution in [3.8, 4) is 17.1 Å². The molecule has 3 aromatic heterocycles. The number of anilines is 1. The molecule has 1 saturated carbocycles. The molecule has 0 aromatic carbocycles. The first-order valence-electron chi connectivity index (χ1n) is 10.2. The van der Waals surface area contributed by atoms with Gasteiger partial charge in [-0.2, -0.15) is 13.2 Å². The first kappa shape index (κ1) is 20.0. The van der Waals surface area contributed by atoms with Gasteiger partial charge in [-0.15, -0.1) is 0 Å². The standard InChI is InChI=1S/C21H21F4N5O/c22-14-7-26-8-16(14)29-19-3-1-2-15(28-19)17-9-27-20-6-18(31-11-21(23,24)25)13(10-30(17)20)12-4-5-12/h1-3,6,9-10,12,14,16,26H,4-5,7-8,11H2,(H,28,29)/t14-,16-/m0/s1. The van der Waals surface area contributed by atoms with Crippen LogP contribution < -0.4 is 15.4 Å². The quantitative estimate of drug-likeness (QED) is 0.575. The summed E-state index contributed by atoms with van der Waals surface area (Å²) in [7, 11) is 0. The van der Waals surface area contributed by atoms with Crippen molar-refractivity contribution in [3.05, 3.63) is 42.2 Å². The topological polar surface area (TPSA) is 63.5 Å². The van der Waals surface area contributed by atoms with E-state index in [-0.39, 0.29) is 17.7 Å². The fraction of sp³-hybridized carbons (Fsp3) is 0.429. The minimum absolute atomic E-state index is 0.181. The third-order valence-electron chi connectivity index (χ3n) is 5.53. The van der Waals surface area contributed by atoms with Gasteiger partial charge >= 0.3 is 6.18 Å². The summed E-state index contributed by atoms with van der Waals surface area (Å²) in [6.07, 6.45) is -0.150. The van der Waals surface area contributed by atoms with Crippen molar-refractivity contribution in [1.29, 1.82) is 0 Å². The van der Waals surface area contributed by atoms with Crippen molar-refractivity contribution in [2.75, 3.05) is 25.0 Å². The van der Waals surface area contributed by atoms with Crippen molar-refractivity contribution in [3.63, 3.8) is 0 Å². The minimum atomic E-state index is -4.40. The Hall–Kier alpha value is -2.88. The Morgan fingerprint density at radius 2 is 2.06 bits per heavy atom. The number of ether oxygens (including phenoxy) is 1. The van der Waals surface area contributed by atoms with Crippen molar-refractivity contribution in [1.82, 2.24) is 19.7 Å². The maximum Gasteiger partial charge on any atom is 0.422 e. The zero-order chi connectivity index (χ0) is 21.6. The number of imidazole rings is 1. The van der Waals surface area contributed by atoms with Crippen LogP contribution in [-0.2, 0) is 0 Å². The van der Waals surface area contributed by atoms with E-state index in [0.29, 0.717) is 35.9 Å². The predicted octanol–water partition coefficient (Wildman–Crippen LogP) is 3.94. The Morgan fingerprint density at radius 1 is 1.23 bits per heavy atom. The lowest BCUT2D eigenvalue weighted by Crippen LogP contribution is -2.29. The highest BCUT2D eigenvalue weighted by Crippen LogP contribution is 2.45. The molecule has 1 aliphatic heterocycles. The molecule has 6 nitrogen and oxygen atoms in total. The molecule has 0 unspecified atom stereocenters. The Morgan fingerprint density at radius 3 is 2.77 bits per heavy atom. The molecular formula is C21H21F4N5O. The van der Waals surface area contributed by atoms with Gasteiger partial charge in [0, 0.05) is 30.9 Å². The lowest BCUT2D eigenvalue weighted by molar-refractivity contribution is -0.153. The second-order valence-electron chi connectivity index (χ2n) is 7.98. The molecule has 164 valence electrons. The smallest absolute Gasteiger partial charge is 0.422 e. The van der Waals surface area contributed by atoms with Gasteiger partial charge in [0.1, 0.15) is 23.4 Å². The lowest BCUT2D eigenvalue weighted by atomic mass is 10.1. The van der Waals surface area contributed by atoms with E-state index in [4.69, 9.17) is 4.74 Å². The summed E-state index contributed by atoms with van der Waals surface area (Å²) in [6.45, 7) is -0.501. The highest BCUT2D eigenvalue weighted by atomic mass is 19.4. The van der Waals surface area contributed by atoms with Crippen LogP contribution in [-0.4, -0.2) is 52.5 Å². The molecule has 1 aliphatic carbocycles. The normalized spacial score (nSPS) is 21.5. The highest BCUT2D eigenvalue weighted by molar-refractivity contribution is 5.64. The minimum Gasteiger partial charge on any atom is -0.484 e. The fourth-order valence-corrected chi connectivity index (χ4v) is 3.83. The summed E-state index contributed by atoms with van der Waals surface area (Å²) in [5, 5.41) is 6.11. The van der Waals surface area contributed by atoms with E-state index in [1.165, 1.54) is 0 Å². The number of aromatic nitrogens is 3. The monoisotopic (exact) mass is 435 g/mol. The number of hydrogen-bond donors (Lipinski definition) is 2. The van der Waals surface area contributed by atoms with E-state index in [2.05, 4.69) is 20.6 Å². The highest BCUT2D eigenvalue weighted by Gasteiger charge is 2.32. The molecule has 31 heavy (non-hydrogen) atoms. The second kappa shape index (κ2) is 7.67. The number of nitrogens with zero attached hydrogens (tertiary/aromatic N) is 3. The summed E-state index contributed by atoms with van der Waals surface area (Å²) in [6, 6.07) is 6.61. The first-order chi connectivity index (χ1) is 14.9. The van der Waals surface area contributed by atoms with E-state index in [1.807, 2.05) is 16.5 Å². The number of halogens is 4. The van der Waals surface area contributed by atoms with Gasteiger partial charge in [0.25, 0.3) is 0 Å². The van der Waals surface area contributed by atoms with Crippen LogP contribution in [0.15, 0.2) is 36.7 Å². The number of nitrogens with one attached hydrogen (secondary N) is 2. The van der Waals surface area contributed by atoms with Crippen LogP contribution in [0.4, 0.5) is 23.4 Å². The van der Waals surface area contributed by atoms with Crippen LogP contribution in [0.3, 0.4) is 0 Å². The second-order valence-corrected chi connectivity index (χ2v) is 7.98. The number of alkyl halides is 4. The fourth-order valence-electron chi connectivity index (χ4n) is 3.83. The van der Waals surface area contributed by atoms with Crippen LogP contribution in [0.25, 0.3) is 17.0 Å². The van der Waals surface area contributed by atoms with E-state index < -0.39 is 19.0 Å². The van der Waals surface area contributed by atoms with Crippen LogP contribution in [0.2, 0.25) is 0 Å². The van der Waals surface area contributed by atoms with Crippen molar-refractivity contribution in [2.24, 2.45) is 0 Å². The number of hydrogen-bond acceptors (Lipinski definition) is 5. The van der Waals surface area contributed by atoms with Crippen molar-refractivity contribution in [2.45, 2.75) is 37.1 Å². The predicted molar refractivity (Wildman–Crippen MR) is 107 cm³/mol. The summed E-state index contributed by atoms with van der Waals surface area (Å²) < 4.78 is 58.8. The van der Waals surface area contributed by atoms with Gasteiger partial charge in [-0.25, -0.2) is 14.4 Å². The Kier molecular flexibility index (Phi) is 4.96. The van der Waals surface area contributed by atoms with Crippen molar-refractivity contribution >= 4 is 11.5 Å². The van der Waals surface area contributed by atoms with E-state index >= 15 is 0 Å². The maximum absolute atomic E-state index is 13.9. The van der Waals surface area contributed by atoms with Gasteiger partial charge in [-0.05, 0) is 30.9 Å². The zero-order valence-electron chi connectivity index (χ0n) is 16.5. The van der Waals surface area contributed by atoms with Crippen LogP contribution in [0, 0.1) is 0 Å². The molecule has 3 aromatic rings. The van der Waals surface area contributed by atoms with Crippen LogP contribution in [0.5, 0.6) is 5.75 Å². The molecule has 2 atom stereocenters.